The Bertz CT molecular complexity index is 613. The first-order chi connectivity index (χ1) is 10.2. The highest BCUT2D eigenvalue weighted by Gasteiger charge is 2.10. The van der Waals surface area contributed by atoms with Gasteiger partial charge in [0, 0.05) is 18.0 Å². The van der Waals surface area contributed by atoms with Gasteiger partial charge in [-0.3, -0.25) is 19.9 Å². The Morgan fingerprint density at radius 2 is 2.24 bits per heavy atom. The van der Waals surface area contributed by atoms with Gasteiger partial charge in [-0.2, -0.15) is 0 Å². The van der Waals surface area contributed by atoms with Crippen molar-refractivity contribution in [2.45, 2.75) is 19.3 Å². The van der Waals surface area contributed by atoms with Gasteiger partial charge in [-0.25, -0.2) is 4.98 Å². The standard InChI is InChI=1S/C14H15N3O3S/c1-20-12(18)7-4-5-10-9-21-14(16-10)17-13(19)11-6-2-3-8-15-11/h2-3,6,8-9H,4-5,7H2,1H3,(H,16,17,19). The molecule has 6 nitrogen and oxygen atoms in total. The molecule has 7 heteroatoms. The zero-order valence-corrected chi connectivity index (χ0v) is 12.4. The van der Waals surface area contributed by atoms with E-state index in [0.717, 1.165) is 5.69 Å². The van der Waals surface area contributed by atoms with Gasteiger partial charge >= 0.3 is 5.97 Å². The van der Waals surface area contributed by atoms with Crippen molar-refractivity contribution in [3.8, 4) is 0 Å². The average molecular weight is 305 g/mol. The van der Waals surface area contributed by atoms with Crippen LogP contribution in [-0.2, 0) is 16.0 Å². The molecule has 2 rings (SSSR count). The minimum absolute atomic E-state index is 0.228. The van der Waals surface area contributed by atoms with E-state index in [1.54, 1.807) is 24.4 Å². The molecule has 1 amide bonds. The second-order valence-corrected chi connectivity index (χ2v) is 5.10. The predicted molar refractivity (Wildman–Crippen MR) is 79.3 cm³/mol. The van der Waals surface area contributed by atoms with E-state index in [-0.39, 0.29) is 11.9 Å². The molecular weight excluding hydrogens is 290 g/mol. The molecular formula is C14H15N3O3S. The third kappa shape index (κ3) is 4.64. The van der Waals surface area contributed by atoms with Gasteiger partial charge in [0.25, 0.3) is 5.91 Å². The summed E-state index contributed by atoms with van der Waals surface area (Å²) in [6.45, 7) is 0. The summed E-state index contributed by atoms with van der Waals surface area (Å²) in [5.41, 5.74) is 1.19. The number of nitrogens with zero attached hydrogens (tertiary/aromatic N) is 2. The number of thiazole rings is 1. The highest BCUT2D eigenvalue weighted by atomic mass is 32.1. The lowest BCUT2D eigenvalue weighted by molar-refractivity contribution is -0.140. The minimum atomic E-state index is -0.286. The Hall–Kier alpha value is -2.28. The van der Waals surface area contributed by atoms with Gasteiger partial charge in [-0.1, -0.05) is 6.07 Å². The van der Waals surface area contributed by atoms with Crippen molar-refractivity contribution in [1.82, 2.24) is 9.97 Å². The van der Waals surface area contributed by atoms with Crippen LogP contribution in [0, 0.1) is 0 Å². The van der Waals surface area contributed by atoms with Crippen LogP contribution in [0.4, 0.5) is 5.13 Å². The van der Waals surface area contributed by atoms with Crippen LogP contribution < -0.4 is 5.32 Å². The molecule has 110 valence electrons. The van der Waals surface area contributed by atoms with Crippen molar-refractivity contribution in [2.75, 3.05) is 12.4 Å². The Morgan fingerprint density at radius 1 is 1.38 bits per heavy atom. The number of amides is 1. The van der Waals surface area contributed by atoms with Crippen molar-refractivity contribution in [1.29, 1.82) is 0 Å². The number of aromatic nitrogens is 2. The number of aryl methyl sites for hydroxylation is 1. The van der Waals surface area contributed by atoms with Crippen LogP contribution in [0.5, 0.6) is 0 Å². The fraction of sp³-hybridized carbons (Fsp3) is 0.286. The zero-order valence-electron chi connectivity index (χ0n) is 11.5. The number of rotatable bonds is 6. The molecule has 0 bridgehead atoms. The fourth-order valence-electron chi connectivity index (χ4n) is 1.65. The van der Waals surface area contributed by atoms with Gasteiger partial charge in [-0.15, -0.1) is 11.3 Å². The molecule has 0 aliphatic heterocycles. The summed E-state index contributed by atoms with van der Waals surface area (Å²) in [6.07, 6.45) is 3.27. The van der Waals surface area contributed by atoms with Crippen molar-refractivity contribution < 1.29 is 14.3 Å². The number of esters is 1. The first-order valence-electron chi connectivity index (χ1n) is 6.42. The lowest BCUT2D eigenvalue weighted by atomic mass is 10.2. The molecule has 21 heavy (non-hydrogen) atoms. The van der Waals surface area contributed by atoms with Gasteiger partial charge in [0.15, 0.2) is 5.13 Å². The molecule has 2 heterocycles. The first-order valence-corrected chi connectivity index (χ1v) is 7.30. The maximum Gasteiger partial charge on any atom is 0.305 e. The molecule has 0 atom stereocenters. The van der Waals surface area contributed by atoms with Crippen LogP contribution in [0.2, 0.25) is 0 Å². The zero-order chi connectivity index (χ0) is 15.1. The third-order valence-corrected chi connectivity index (χ3v) is 3.52. The van der Waals surface area contributed by atoms with Crippen LogP contribution in [0.25, 0.3) is 0 Å². The molecule has 0 aliphatic rings. The maximum atomic E-state index is 11.9. The number of anilines is 1. The van der Waals surface area contributed by atoms with E-state index >= 15 is 0 Å². The van der Waals surface area contributed by atoms with Crippen LogP contribution in [0.3, 0.4) is 0 Å². The van der Waals surface area contributed by atoms with Gasteiger partial charge in [0.2, 0.25) is 0 Å². The molecule has 0 unspecified atom stereocenters. The highest BCUT2D eigenvalue weighted by Crippen LogP contribution is 2.17. The number of nitrogens with one attached hydrogen (secondary N) is 1. The SMILES string of the molecule is COC(=O)CCCc1csc(NC(=O)c2ccccn2)n1. The van der Waals surface area contributed by atoms with Crippen LogP contribution in [0.15, 0.2) is 29.8 Å². The molecule has 1 N–H and O–H groups in total. The Labute approximate surface area is 126 Å². The lowest BCUT2D eigenvalue weighted by Crippen LogP contribution is -2.13. The van der Waals surface area contributed by atoms with Crippen molar-refractivity contribution in [2.24, 2.45) is 0 Å². The number of methoxy groups -OCH3 is 1. The molecule has 2 aromatic rings. The van der Waals surface area contributed by atoms with E-state index in [0.29, 0.717) is 30.1 Å². The second kappa shape index (κ2) is 7.49. The minimum Gasteiger partial charge on any atom is -0.469 e. The largest absolute Gasteiger partial charge is 0.469 e. The Morgan fingerprint density at radius 3 is 2.95 bits per heavy atom. The van der Waals surface area contributed by atoms with Gasteiger partial charge < -0.3 is 4.74 Å². The predicted octanol–water partition coefficient (Wildman–Crippen LogP) is 2.29. The van der Waals surface area contributed by atoms with E-state index in [9.17, 15) is 9.59 Å². The topological polar surface area (TPSA) is 81.2 Å². The number of hydrogen-bond acceptors (Lipinski definition) is 6. The first kappa shape index (κ1) is 15.1. The number of carbonyl (C=O) groups is 2. The van der Waals surface area contributed by atoms with Gasteiger partial charge in [0.05, 0.1) is 12.8 Å². The molecule has 0 saturated carbocycles. The van der Waals surface area contributed by atoms with Gasteiger partial charge in [-0.05, 0) is 25.0 Å². The maximum absolute atomic E-state index is 11.9. The molecule has 0 saturated heterocycles. The molecule has 0 spiro atoms. The summed E-state index contributed by atoms with van der Waals surface area (Å²) < 4.78 is 4.57. The molecule has 2 aromatic heterocycles. The smallest absolute Gasteiger partial charge is 0.305 e. The lowest BCUT2D eigenvalue weighted by Gasteiger charge is -2.00. The van der Waals surface area contributed by atoms with E-state index in [4.69, 9.17) is 0 Å². The summed E-state index contributed by atoms with van der Waals surface area (Å²) in [5.74, 6) is -0.514. The average Bonchev–Trinajstić information content (AvgIpc) is 2.95. The van der Waals surface area contributed by atoms with Crippen LogP contribution >= 0.6 is 11.3 Å². The van der Waals surface area contributed by atoms with Crippen LogP contribution in [0.1, 0.15) is 29.0 Å². The summed E-state index contributed by atoms with van der Waals surface area (Å²) in [4.78, 5) is 31.2. The molecule has 0 aliphatic carbocycles. The quantitative estimate of drug-likeness (QED) is 0.828. The van der Waals surface area contributed by atoms with E-state index in [1.807, 2.05) is 5.38 Å². The number of hydrogen-bond donors (Lipinski definition) is 1. The summed E-state index contributed by atoms with van der Waals surface area (Å²) in [7, 11) is 1.37. The highest BCUT2D eigenvalue weighted by molar-refractivity contribution is 7.13. The molecule has 0 fully saturated rings. The number of ether oxygens (including phenoxy) is 1. The molecule has 0 radical (unpaired) electrons. The third-order valence-electron chi connectivity index (χ3n) is 2.71. The van der Waals surface area contributed by atoms with Crippen molar-refractivity contribution in [3.63, 3.8) is 0 Å². The Balaban J connectivity index is 1.85. The Kier molecular flexibility index (Phi) is 5.39. The molecule has 0 aromatic carbocycles. The van der Waals surface area contributed by atoms with Crippen LogP contribution in [-0.4, -0.2) is 29.0 Å². The number of pyridine rings is 1. The van der Waals surface area contributed by atoms with Gasteiger partial charge in [0.1, 0.15) is 5.69 Å². The fourth-order valence-corrected chi connectivity index (χ4v) is 2.39. The summed E-state index contributed by atoms with van der Waals surface area (Å²) in [5, 5.41) is 5.10. The summed E-state index contributed by atoms with van der Waals surface area (Å²) >= 11 is 1.35. The monoisotopic (exact) mass is 305 g/mol. The normalized spacial score (nSPS) is 10.1. The van der Waals surface area contributed by atoms with Crippen molar-refractivity contribution in [3.05, 3.63) is 41.2 Å². The second-order valence-electron chi connectivity index (χ2n) is 4.24. The van der Waals surface area contributed by atoms with Crippen molar-refractivity contribution >= 4 is 28.3 Å². The number of carbonyl (C=O) groups excluding carboxylic acids is 2. The van der Waals surface area contributed by atoms with E-state index < -0.39 is 0 Å². The van der Waals surface area contributed by atoms with E-state index in [1.165, 1.54) is 18.4 Å². The van der Waals surface area contributed by atoms with E-state index in [2.05, 4.69) is 20.0 Å². The summed E-state index contributed by atoms with van der Waals surface area (Å²) in [6, 6.07) is 5.14.